The largest absolute Gasteiger partial charge is 0.520 e. The number of ether oxygens (including phenoxy) is 1. The van der Waals surface area contributed by atoms with E-state index in [2.05, 4.69) is 42.5 Å². The number of furan rings is 1. The molecule has 7 heteroatoms. The van der Waals surface area contributed by atoms with Crippen molar-refractivity contribution >= 4 is 32.8 Å². The number of aromatic nitrogens is 3. The van der Waals surface area contributed by atoms with Crippen molar-refractivity contribution in [2.75, 3.05) is 0 Å². The molecule has 0 bridgehead atoms. The van der Waals surface area contributed by atoms with Crippen LogP contribution in [0.1, 0.15) is 11.5 Å². The molecular formula is C37H24N3O3Pt-. The molecular weight excluding hydrogens is 730 g/mol. The third-order valence-corrected chi connectivity index (χ3v) is 8.50. The van der Waals surface area contributed by atoms with Crippen LogP contribution in [0.15, 0.2) is 114 Å². The van der Waals surface area contributed by atoms with Gasteiger partial charge in [0.15, 0.2) is 0 Å². The maximum Gasteiger partial charge on any atom is 0.136 e. The molecule has 2 aliphatic rings. The SMILES string of the molecule is Cn1cc(-c2[c-]c(-c3ccc4ccccc4n3)c3c(c2)C2C=CC=CC2O3)nc1-c1c(O)ccc2oc3ccccc3c12.[Pt]. The molecule has 2 unspecified atom stereocenters. The van der Waals surface area contributed by atoms with Crippen molar-refractivity contribution in [3.05, 3.63) is 121 Å². The van der Waals surface area contributed by atoms with Crippen molar-refractivity contribution in [3.63, 3.8) is 0 Å². The molecule has 0 radical (unpaired) electrons. The fourth-order valence-corrected chi connectivity index (χ4v) is 6.47. The van der Waals surface area contributed by atoms with Gasteiger partial charge in [-0.1, -0.05) is 83.4 Å². The van der Waals surface area contributed by atoms with E-state index in [1.807, 2.05) is 72.4 Å². The molecule has 0 amide bonds. The number of hydrogen-bond donors (Lipinski definition) is 1. The minimum Gasteiger partial charge on any atom is -0.520 e. The van der Waals surface area contributed by atoms with E-state index in [4.69, 9.17) is 19.1 Å². The fraction of sp³-hybridized carbons (Fsp3) is 0.0811. The summed E-state index contributed by atoms with van der Waals surface area (Å²) >= 11 is 0. The minimum atomic E-state index is -0.0777. The Hall–Kier alpha value is -4.93. The summed E-state index contributed by atoms with van der Waals surface area (Å²) < 4.78 is 14.6. The van der Waals surface area contributed by atoms with Crippen molar-refractivity contribution < 1.29 is 35.3 Å². The number of phenols is 1. The van der Waals surface area contributed by atoms with Crippen molar-refractivity contribution in [2.45, 2.75) is 12.0 Å². The zero-order valence-electron chi connectivity index (χ0n) is 23.5. The van der Waals surface area contributed by atoms with Crippen molar-refractivity contribution in [3.8, 4) is 45.4 Å². The van der Waals surface area contributed by atoms with Gasteiger partial charge in [0.2, 0.25) is 0 Å². The molecule has 4 aromatic carbocycles. The van der Waals surface area contributed by atoms with Crippen molar-refractivity contribution in [1.29, 1.82) is 0 Å². The fourth-order valence-electron chi connectivity index (χ4n) is 6.47. The molecule has 6 nitrogen and oxygen atoms in total. The van der Waals surface area contributed by atoms with Crippen LogP contribution < -0.4 is 4.74 Å². The average molecular weight is 754 g/mol. The van der Waals surface area contributed by atoms with Crippen LogP contribution in [-0.2, 0) is 28.1 Å². The first-order valence-electron chi connectivity index (χ1n) is 14.3. The van der Waals surface area contributed by atoms with Gasteiger partial charge < -0.3 is 18.8 Å². The number of aryl methyl sites for hydroxylation is 1. The molecule has 7 aromatic rings. The van der Waals surface area contributed by atoms with Crippen LogP contribution >= 0.6 is 0 Å². The number of fused-ring (bicyclic) bond motifs is 7. The Bertz CT molecular complexity index is 2330. The van der Waals surface area contributed by atoms with Gasteiger partial charge in [-0.05, 0) is 41.9 Å². The first kappa shape index (κ1) is 26.7. The Morgan fingerprint density at radius 3 is 2.64 bits per heavy atom. The summed E-state index contributed by atoms with van der Waals surface area (Å²) in [5, 5.41) is 14.0. The van der Waals surface area contributed by atoms with Crippen LogP contribution in [-0.4, -0.2) is 25.7 Å². The molecule has 1 aliphatic heterocycles. The van der Waals surface area contributed by atoms with Gasteiger partial charge in [0.25, 0.3) is 0 Å². The number of nitrogens with zero attached hydrogens (tertiary/aromatic N) is 3. The Kier molecular flexibility index (Phi) is 6.11. The third kappa shape index (κ3) is 3.98. The molecule has 0 saturated heterocycles. The van der Waals surface area contributed by atoms with E-state index in [0.29, 0.717) is 17.0 Å². The summed E-state index contributed by atoms with van der Waals surface area (Å²) in [5.41, 5.74) is 7.29. The van der Waals surface area contributed by atoms with Crippen LogP contribution in [0, 0.1) is 6.07 Å². The Balaban J connectivity index is 0.00000289. The third-order valence-electron chi connectivity index (χ3n) is 8.50. The maximum atomic E-state index is 11.1. The smallest absolute Gasteiger partial charge is 0.136 e. The van der Waals surface area contributed by atoms with Gasteiger partial charge in [-0.2, -0.15) is 0 Å². The first-order chi connectivity index (χ1) is 21.1. The van der Waals surface area contributed by atoms with E-state index >= 15 is 0 Å². The number of aromatic hydroxyl groups is 1. The van der Waals surface area contributed by atoms with E-state index in [1.165, 1.54) is 0 Å². The summed E-state index contributed by atoms with van der Waals surface area (Å²) in [6, 6.07) is 29.3. The van der Waals surface area contributed by atoms with Crippen LogP contribution in [0.4, 0.5) is 0 Å². The zero-order valence-corrected chi connectivity index (χ0v) is 25.7. The van der Waals surface area contributed by atoms with Gasteiger partial charge in [0, 0.05) is 56.2 Å². The quantitative estimate of drug-likeness (QED) is 0.184. The van der Waals surface area contributed by atoms with Gasteiger partial charge in [0.05, 0.1) is 16.8 Å². The summed E-state index contributed by atoms with van der Waals surface area (Å²) in [4.78, 5) is 10.1. The topological polar surface area (TPSA) is 73.3 Å². The second kappa shape index (κ2) is 10.1. The molecule has 1 aliphatic carbocycles. The minimum absolute atomic E-state index is 0. The Morgan fingerprint density at radius 2 is 1.70 bits per heavy atom. The predicted octanol–water partition coefficient (Wildman–Crippen LogP) is 8.34. The number of pyridine rings is 1. The van der Waals surface area contributed by atoms with E-state index in [9.17, 15) is 5.11 Å². The van der Waals surface area contributed by atoms with Crippen LogP contribution in [0.2, 0.25) is 0 Å². The summed E-state index contributed by atoms with van der Waals surface area (Å²) in [5.74, 6) is 1.68. The van der Waals surface area contributed by atoms with Crippen LogP contribution in [0.25, 0.3) is 66.7 Å². The number of rotatable bonds is 3. The van der Waals surface area contributed by atoms with Gasteiger partial charge in [-0.25, -0.2) is 0 Å². The molecule has 4 heterocycles. The van der Waals surface area contributed by atoms with E-state index in [-0.39, 0.29) is 38.8 Å². The van der Waals surface area contributed by atoms with E-state index < -0.39 is 0 Å². The molecule has 44 heavy (non-hydrogen) atoms. The molecule has 2 atom stereocenters. The maximum absolute atomic E-state index is 11.1. The van der Waals surface area contributed by atoms with E-state index in [1.54, 1.807) is 12.1 Å². The van der Waals surface area contributed by atoms with Gasteiger partial charge in [-0.3, -0.25) is 9.97 Å². The molecule has 1 N–H and O–H groups in total. The number of benzene rings is 4. The molecule has 9 rings (SSSR count). The van der Waals surface area contributed by atoms with Crippen molar-refractivity contribution in [1.82, 2.24) is 14.5 Å². The predicted molar refractivity (Wildman–Crippen MR) is 168 cm³/mol. The second-order valence-electron chi connectivity index (χ2n) is 11.1. The van der Waals surface area contributed by atoms with Crippen LogP contribution in [0.3, 0.4) is 0 Å². The number of allylic oxidation sites excluding steroid dienone is 2. The Labute approximate surface area is 267 Å². The molecule has 216 valence electrons. The van der Waals surface area contributed by atoms with Crippen molar-refractivity contribution in [2.24, 2.45) is 7.05 Å². The standard InChI is InChI=1S/C37H24N3O3.Pt/c1-40-20-29(39-37(40)35-30(41)16-17-33-34(35)24-10-4-7-13-32(24)42-33)22-18-25-23-9-3-6-12-31(23)43-36(25)26(19-22)28-15-14-21-8-2-5-11-27(21)38-28;/h2-18,20,23,31,41H,1H3;/q-1;. The van der Waals surface area contributed by atoms with Crippen LogP contribution in [0.5, 0.6) is 11.5 Å². The monoisotopic (exact) mass is 753 g/mol. The summed E-state index contributed by atoms with van der Waals surface area (Å²) in [7, 11) is 1.94. The first-order valence-corrected chi connectivity index (χ1v) is 14.3. The second-order valence-corrected chi connectivity index (χ2v) is 11.1. The molecule has 0 spiro atoms. The number of phenolic OH excluding ortho intramolecular Hbond substituents is 1. The summed E-state index contributed by atoms with van der Waals surface area (Å²) in [6.45, 7) is 0. The molecule has 0 fully saturated rings. The Morgan fingerprint density at radius 1 is 0.864 bits per heavy atom. The molecule has 3 aromatic heterocycles. The number of imidazole rings is 1. The number of para-hydroxylation sites is 2. The number of hydrogen-bond acceptors (Lipinski definition) is 5. The van der Waals surface area contributed by atoms with Gasteiger partial charge >= 0.3 is 0 Å². The molecule has 0 saturated carbocycles. The zero-order chi connectivity index (χ0) is 28.7. The average Bonchev–Trinajstić information content (AvgIpc) is 3.73. The van der Waals surface area contributed by atoms with Gasteiger partial charge in [-0.15, -0.1) is 12.1 Å². The van der Waals surface area contributed by atoms with E-state index in [0.717, 1.165) is 61.1 Å². The normalized spacial score (nSPS) is 16.7. The summed E-state index contributed by atoms with van der Waals surface area (Å²) in [6.07, 6.45) is 10.3. The van der Waals surface area contributed by atoms with Gasteiger partial charge in [0.1, 0.15) is 28.8 Å².